The number of rotatable bonds is 5. The molecule has 1 heterocycles. The fourth-order valence-corrected chi connectivity index (χ4v) is 0.852. The lowest BCUT2D eigenvalue weighted by Gasteiger charge is -1.96. The van der Waals surface area contributed by atoms with Crippen molar-refractivity contribution in [2.24, 2.45) is 0 Å². The molecular formula is C7H8N2O5. The van der Waals surface area contributed by atoms with Gasteiger partial charge in [0.2, 0.25) is 0 Å². The highest BCUT2D eigenvalue weighted by Crippen LogP contribution is 2.14. The minimum Gasteiger partial charge on any atom is -0.480 e. The molecule has 0 spiro atoms. The van der Waals surface area contributed by atoms with Crippen molar-refractivity contribution in [3.8, 4) is 0 Å². The Morgan fingerprint density at radius 2 is 2.36 bits per heavy atom. The maximum absolute atomic E-state index is 10.2. The van der Waals surface area contributed by atoms with E-state index in [1.54, 1.807) is 0 Å². The lowest BCUT2D eigenvalue weighted by atomic mass is 10.4. The Hall–Kier alpha value is -1.89. The molecule has 2 N–H and O–H groups in total. The highest BCUT2D eigenvalue weighted by Gasteiger charge is 2.11. The first-order chi connectivity index (χ1) is 6.59. The fourth-order valence-electron chi connectivity index (χ4n) is 0.852. The van der Waals surface area contributed by atoms with Crippen LogP contribution >= 0.6 is 0 Å². The summed E-state index contributed by atoms with van der Waals surface area (Å²) in [6.07, 6.45) is 0. The molecule has 1 aromatic heterocycles. The van der Waals surface area contributed by atoms with Crippen LogP contribution in [0.15, 0.2) is 16.5 Å². The van der Waals surface area contributed by atoms with Crippen LogP contribution in [0.25, 0.3) is 0 Å². The monoisotopic (exact) mass is 200 g/mol. The van der Waals surface area contributed by atoms with E-state index < -0.39 is 10.9 Å². The number of hydrogen-bond acceptors (Lipinski definition) is 5. The number of carboxylic acids is 1. The Morgan fingerprint density at radius 3 is 2.86 bits per heavy atom. The molecule has 0 amide bonds. The first-order valence-corrected chi connectivity index (χ1v) is 3.75. The van der Waals surface area contributed by atoms with E-state index in [0.29, 0.717) is 5.76 Å². The van der Waals surface area contributed by atoms with Crippen LogP contribution in [0, 0.1) is 10.1 Å². The average molecular weight is 200 g/mol. The molecule has 0 radical (unpaired) electrons. The Kier molecular flexibility index (Phi) is 3.19. The van der Waals surface area contributed by atoms with Crippen molar-refractivity contribution in [2.45, 2.75) is 6.54 Å². The number of nitrogens with one attached hydrogen (secondary N) is 1. The molecule has 7 heteroatoms. The van der Waals surface area contributed by atoms with Gasteiger partial charge in [-0.25, -0.2) is 0 Å². The molecule has 0 aromatic carbocycles. The van der Waals surface area contributed by atoms with Gasteiger partial charge in [0.15, 0.2) is 0 Å². The summed E-state index contributed by atoms with van der Waals surface area (Å²) in [5.74, 6) is -1.01. The molecule has 1 aromatic rings. The van der Waals surface area contributed by atoms with Gasteiger partial charge in [0.05, 0.1) is 19.2 Å². The number of carboxylic acid groups (broad SMARTS) is 1. The van der Waals surface area contributed by atoms with Crippen LogP contribution in [0.5, 0.6) is 0 Å². The second-order valence-corrected chi connectivity index (χ2v) is 2.49. The SMILES string of the molecule is O=C(O)CNCc1ccc([N+](=O)[O-])o1. The van der Waals surface area contributed by atoms with E-state index in [4.69, 9.17) is 9.52 Å². The zero-order valence-electron chi connectivity index (χ0n) is 7.10. The van der Waals surface area contributed by atoms with Crippen LogP contribution in [-0.4, -0.2) is 22.5 Å². The largest absolute Gasteiger partial charge is 0.480 e. The van der Waals surface area contributed by atoms with Crippen molar-refractivity contribution in [3.63, 3.8) is 0 Å². The topological polar surface area (TPSA) is 106 Å². The summed E-state index contributed by atoms with van der Waals surface area (Å²) in [5, 5.41) is 21.0. The number of furan rings is 1. The van der Waals surface area contributed by atoms with Gasteiger partial charge in [-0.15, -0.1) is 0 Å². The average Bonchev–Trinajstić information content (AvgIpc) is 2.52. The summed E-state index contributed by atoms with van der Waals surface area (Å²) < 4.78 is 4.77. The molecular weight excluding hydrogens is 192 g/mol. The van der Waals surface area contributed by atoms with Gasteiger partial charge in [-0.05, 0) is 6.07 Å². The van der Waals surface area contributed by atoms with Crippen LogP contribution in [-0.2, 0) is 11.3 Å². The normalized spacial score (nSPS) is 10.0. The predicted molar refractivity (Wildman–Crippen MR) is 44.7 cm³/mol. The van der Waals surface area contributed by atoms with Crippen LogP contribution in [0.4, 0.5) is 5.88 Å². The second kappa shape index (κ2) is 4.38. The summed E-state index contributed by atoms with van der Waals surface area (Å²) in [6, 6.07) is 2.64. The van der Waals surface area contributed by atoms with Crippen molar-refractivity contribution >= 4 is 11.9 Å². The summed E-state index contributed by atoms with van der Waals surface area (Å²) >= 11 is 0. The van der Waals surface area contributed by atoms with E-state index in [0.717, 1.165) is 0 Å². The highest BCUT2D eigenvalue weighted by atomic mass is 16.6. The van der Waals surface area contributed by atoms with Crippen molar-refractivity contribution in [3.05, 3.63) is 28.0 Å². The van der Waals surface area contributed by atoms with Crippen LogP contribution in [0.3, 0.4) is 0 Å². The molecule has 14 heavy (non-hydrogen) atoms. The van der Waals surface area contributed by atoms with Crippen molar-refractivity contribution < 1.29 is 19.2 Å². The van der Waals surface area contributed by atoms with Crippen LogP contribution in [0.1, 0.15) is 5.76 Å². The van der Waals surface area contributed by atoms with Crippen LogP contribution < -0.4 is 5.32 Å². The number of carbonyl (C=O) groups is 1. The smallest absolute Gasteiger partial charge is 0.433 e. The van der Waals surface area contributed by atoms with Gasteiger partial charge in [0, 0.05) is 0 Å². The Labute approximate surface area is 78.5 Å². The molecule has 0 bridgehead atoms. The van der Waals surface area contributed by atoms with Gasteiger partial charge in [0.25, 0.3) is 0 Å². The molecule has 0 saturated heterocycles. The predicted octanol–water partition coefficient (Wildman–Crippen LogP) is 0.362. The van der Waals surface area contributed by atoms with Gasteiger partial charge in [-0.1, -0.05) is 0 Å². The lowest BCUT2D eigenvalue weighted by molar-refractivity contribution is -0.402. The van der Waals surface area contributed by atoms with Gasteiger partial charge < -0.3 is 9.52 Å². The zero-order valence-corrected chi connectivity index (χ0v) is 7.10. The number of hydrogen-bond donors (Lipinski definition) is 2. The van der Waals surface area contributed by atoms with Gasteiger partial charge in [-0.3, -0.25) is 20.2 Å². The highest BCUT2D eigenvalue weighted by molar-refractivity contribution is 5.68. The minimum absolute atomic E-state index is 0.153. The standard InChI is InChI=1S/C7H8N2O5/c10-7(11)4-8-3-5-1-2-6(14-5)9(12)13/h1-2,8H,3-4H2,(H,10,11). The molecule has 0 atom stereocenters. The van der Waals surface area contributed by atoms with Gasteiger partial charge in [0.1, 0.15) is 10.7 Å². The molecule has 1 rings (SSSR count). The Bertz CT molecular complexity index is 346. The molecule has 76 valence electrons. The summed E-state index contributed by atoms with van der Waals surface area (Å²) in [4.78, 5) is 19.6. The second-order valence-electron chi connectivity index (χ2n) is 2.49. The molecule has 0 aliphatic heterocycles. The van der Waals surface area contributed by atoms with E-state index in [-0.39, 0.29) is 19.0 Å². The molecule has 0 aliphatic carbocycles. The summed E-state index contributed by atoms with van der Waals surface area (Å²) in [6.45, 7) is -0.0609. The summed E-state index contributed by atoms with van der Waals surface area (Å²) in [5.41, 5.74) is 0. The van der Waals surface area contributed by atoms with E-state index >= 15 is 0 Å². The third kappa shape index (κ3) is 2.87. The summed E-state index contributed by atoms with van der Waals surface area (Å²) in [7, 11) is 0. The van der Waals surface area contributed by atoms with E-state index in [9.17, 15) is 14.9 Å². The Morgan fingerprint density at radius 1 is 1.64 bits per heavy atom. The van der Waals surface area contributed by atoms with Gasteiger partial charge in [-0.2, -0.15) is 0 Å². The van der Waals surface area contributed by atoms with Crippen molar-refractivity contribution in [1.29, 1.82) is 0 Å². The first-order valence-electron chi connectivity index (χ1n) is 3.75. The molecule has 0 saturated carbocycles. The van der Waals surface area contributed by atoms with E-state index in [2.05, 4.69) is 5.32 Å². The molecule has 0 unspecified atom stereocenters. The first kappa shape index (κ1) is 10.2. The zero-order chi connectivity index (χ0) is 10.6. The van der Waals surface area contributed by atoms with Gasteiger partial charge >= 0.3 is 11.9 Å². The number of nitro groups is 1. The number of aliphatic carboxylic acids is 1. The number of nitrogens with zero attached hydrogens (tertiary/aromatic N) is 1. The molecule has 7 nitrogen and oxygen atoms in total. The van der Waals surface area contributed by atoms with Crippen molar-refractivity contribution in [2.75, 3.05) is 6.54 Å². The van der Waals surface area contributed by atoms with Crippen molar-refractivity contribution in [1.82, 2.24) is 5.32 Å². The van der Waals surface area contributed by atoms with Crippen LogP contribution in [0.2, 0.25) is 0 Å². The molecule has 0 aliphatic rings. The van der Waals surface area contributed by atoms with E-state index in [1.807, 2.05) is 0 Å². The quantitative estimate of drug-likeness (QED) is 0.525. The maximum Gasteiger partial charge on any atom is 0.433 e. The minimum atomic E-state index is -0.994. The van der Waals surface area contributed by atoms with E-state index in [1.165, 1.54) is 12.1 Å². The third-order valence-electron chi connectivity index (χ3n) is 1.40. The fraction of sp³-hybridized carbons (Fsp3) is 0.286. The third-order valence-corrected chi connectivity index (χ3v) is 1.40. The maximum atomic E-state index is 10.2. The lowest BCUT2D eigenvalue weighted by Crippen LogP contribution is -2.21. The molecule has 0 fully saturated rings. The Balaban J connectivity index is 2.44.